The van der Waals surface area contributed by atoms with Crippen LogP contribution in [0.1, 0.15) is 29.4 Å². The fraction of sp³-hybridized carbons (Fsp3) is 0.294. The van der Waals surface area contributed by atoms with Crippen LogP contribution >= 0.6 is 0 Å². The minimum Gasteiger partial charge on any atom is -0.387 e. The molecule has 1 aromatic carbocycles. The highest BCUT2D eigenvalue weighted by molar-refractivity contribution is 6.06. The number of nitrogens with zero attached hydrogens (tertiary/aromatic N) is 2. The van der Waals surface area contributed by atoms with Crippen LogP contribution in [0.3, 0.4) is 0 Å². The van der Waals surface area contributed by atoms with Crippen LogP contribution in [0.2, 0.25) is 0 Å². The maximum Gasteiger partial charge on any atom is 0.277 e. The second-order valence-electron chi connectivity index (χ2n) is 5.37. The second kappa shape index (κ2) is 5.56. The largest absolute Gasteiger partial charge is 0.387 e. The smallest absolute Gasteiger partial charge is 0.277 e. The van der Waals surface area contributed by atoms with Crippen molar-refractivity contribution in [1.82, 2.24) is 4.98 Å². The van der Waals surface area contributed by atoms with Gasteiger partial charge in [-0.2, -0.15) is 0 Å². The van der Waals surface area contributed by atoms with Crippen LogP contribution in [0.5, 0.6) is 0 Å². The van der Waals surface area contributed by atoms with E-state index in [4.69, 9.17) is 0 Å². The number of carbonyl (C=O) groups excluding carboxylic acids is 1. The molecular weight excluding hydrogens is 262 g/mol. The number of benzene rings is 1. The van der Waals surface area contributed by atoms with Crippen molar-refractivity contribution < 1.29 is 4.79 Å². The van der Waals surface area contributed by atoms with E-state index in [9.17, 15) is 4.79 Å². The lowest BCUT2D eigenvalue weighted by atomic mass is 9.96. The van der Waals surface area contributed by atoms with Gasteiger partial charge in [0.05, 0.1) is 11.9 Å². The molecule has 1 unspecified atom stereocenters. The number of aryl methyl sites for hydroxylation is 1. The SMILES string of the molecule is CNc1ccc(C(=O)N2c3ccccc3CCC2C)nc1. The van der Waals surface area contributed by atoms with Crippen molar-refractivity contribution in [2.45, 2.75) is 25.8 Å². The first-order valence-corrected chi connectivity index (χ1v) is 7.26. The molecule has 1 aromatic heterocycles. The van der Waals surface area contributed by atoms with Crippen molar-refractivity contribution in [3.05, 3.63) is 53.9 Å². The van der Waals surface area contributed by atoms with Gasteiger partial charge >= 0.3 is 0 Å². The number of anilines is 2. The topological polar surface area (TPSA) is 45.2 Å². The number of rotatable bonds is 2. The second-order valence-corrected chi connectivity index (χ2v) is 5.37. The van der Waals surface area contributed by atoms with Crippen molar-refractivity contribution in [2.24, 2.45) is 0 Å². The molecule has 4 nitrogen and oxygen atoms in total. The van der Waals surface area contributed by atoms with Crippen LogP contribution < -0.4 is 10.2 Å². The van der Waals surface area contributed by atoms with Gasteiger partial charge in [0, 0.05) is 18.8 Å². The van der Waals surface area contributed by atoms with Crippen LogP contribution in [0, 0.1) is 0 Å². The van der Waals surface area contributed by atoms with Gasteiger partial charge in [0.15, 0.2) is 0 Å². The summed E-state index contributed by atoms with van der Waals surface area (Å²) < 4.78 is 0. The number of fused-ring (bicyclic) bond motifs is 1. The number of para-hydroxylation sites is 1. The van der Waals surface area contributed by atoms with Crippen LogP contribution in [0.4, 0.5) is 11.4 Å². The average Bonchev–Trinajstić information content (AvgIpc) is 2.54. The fourth-order valence-corrected chi connectivity index (χ4v) is 2.79. The molecule has 1 atom stereocenters. The summed E-state index contributed by atoms with van der Waals surface area (Å²) >= 11 is 0. The first-order chi connectivity index (χ1) is 10.2. The maximum absolute atomic E-state index is 12.8. The number of hydrogen-bond acceptors (Lipinski definition) is 3. The van der Waals surface area contributed by atoms with Gasteiger partial charge in [-0.05, 0) is 43.5 Å². The van der Waals surface area contributed by atoms with Crippen LogP contribution in [0.15, 0.2) is 42.6 Å². The molecule has 2 heterocycles. The van der Waals surface area contributed by atoms with Crippen molar-refractivity contribution in [1.29, 1.82) is 0 Å². The zero-order valence-electron chi connectivity index (χ0n) is 12.3. The number of nitrogens with one attached hydrogen (secondary N) is 1. The molecule has 2 aromatic rings. The third-order valence-corrected chi connectivity index (χ3v) is 4.01. The summed E-state index contributed by atoms with van der Waals surface area (Å²) in [6.07, 6.45) is 3.69. The molecule has 0 bridgehead atoms. The molecule has 1 aliphatic rings. The summed E-state index contributed by atoms with van der Waals surface area (Å²) in [5.74, 6) is -0.0303. The highest BCUT2D eigenvalue weighted by Gasteiger charge is 2.29. The molecule has 1 amide bonds. The van der Waals surface area contributed by atoms with Gasteiger partial charge < -0.3 is 10.2 Å². The first kappa shape index (κ1) is 13.6. The number of hydrogen-bond donors (Lipinski definition) is 1. The normalized spacial score (nSPS) is 17.2. The molecule has 1 N–H and O–H groups in total. The Balaban J connectivity index is 1.96. The number of carbonyl (C=O) groups is 1. The maximum atomic E-state index is 12.8. The summed E-state index contributed by atoms with van der Waals surface area (Å²) in [6.45, 7) is 2.09. The van der Waals surface area contributed by atoms with Crippen molar-refractivity contribution in [3.8, 4) is 0 Å². The Hall–Kier alpha value is -2.36. The summed E-state index contributed by atoms with van der Waals surface area (Å²) in [5, 5.41) is 3.01. The van der Waals surface area contributed by atoms with E-state index >= 15 is 0 Å². The summed E-state index contributed by atoms with van der Waals surface area (Å²) in [4.78, 5) is 19.0. The molecule has 0 saturated heterocycles. The van der Waals surface area contributed by atoms with Gasteiger partial charge in [0.1, 0.15) is 5.69 Å². The quantitative estimate of drug-likeness (QED) is 0.920. The molecule has 0 saturated carbocycles. The van der Waals surface area contributed by atoms with Gasteiger partial charge in [0.25, 0.3) is 5.91 Å². The van der Waals surface area contributed by atoms with E-state index in [1.807, 2.05) is 36.2 Å². The number of amides is 1. The molecule has 21 heavy (non-hydrogen) atoms. The number of pyridine rings is 1. The molecule has 4 heteroatoms. The summed E-state index contributed by atoms with van der Waals surface area (Å²) in [6, 6.07) is 12.0. The monoisotopic (exact) mass is 281 g/mol. The van der Waals surface area contributed by atoms with Crippen molar-refractivity contribution in [2.75, 3.05) is 17.3 Å². The number of aromatic nitrogens is 1. The Morgan fingerprint density at radius 3 is 2.81 bits per heavy atom. The molecule has 0 fully saturated rings. The van der Waals surface area contributed by atoms with Crippen molar-refractivity contribution >= 4 is 17.3 Å². The Bertz CT molecular complexity index is 651. The highest BCUT2D eigenvalue weighted by Crippen LogP contribution is 2.31. The Labute approximate surface area is 124 Å². The Morgan fingerprint density at radius 1 is 1.29 bits per heavy atom. The van der Waals surface area contributed by atoms with Gasteiger partial charge in [-0.15, -0.1) is 0 Å². The molecule has 0 aliphatic carbocycles. The van der Waals surface area contributed by atoms with E-state index in [1.54, 1.807) is 12.3 Å². The average molecular weight is 281 g/mol. The standard InChI is InChI=1S/C17H19N3O/c1-12-7-8-13-5-3-4-6-16(13)20(12)17(21)15-10-9-14(18-2)11-19-15/h3-6,9-12,18H,7-8H2,1-2H3. The van der Waals surface area contributed by atoms with E-state index < -0.39 is 0 Å². The Kier molecular flexibility index (Phi) is 3.60. The summed E-state index contributed by atoms with van der Waals surface area (Å²) in [5.41, 5.74) is 3.63. The third kappa shape index (κ3) is 2.49. The van der Waals surface area contributed by atoms with Crippen LogP contribution in [0.25, 0.3) is 0 Å². The molecule has 1 aliphatic heterocycles. The van der Waals surface area contributed by atoms with Gasteiger partial charge in [-0.1, -0.05) is 18.2 Å². The minimum absolute atomic E-state index is 0.0303. The highest BCUT2D eigenvalue weighted by atomic mass is 16.2. The van der Waals surface area contributed by atoms with Crippen molar-refractivity contribution in [3.63, 3.8) is 0 Å². The third-order valence-electron chi connectivity index (χ3n) is 4.01. The van der Waals surface area contributed by atoms with E-state index in [-0.39, 0.29) is 11.9 Å². The van der Waals surface area contributed by atoms with E-state index in [0.717, 1.165) is 24.2 Å². The van der Waals surface area contributed by atoms with Gasteiger partial charge in [-0.25, -0.2) is 4.98 Å². The molecule has 0 spiro atoms. The van der Waals surface area contributed by atoms with E-state index in [0.29, 0.717) is 5.69 Å². The molecule has 0 radical (unpaired) electrons. The fourth-order valence-electron chi connectivity index (χ4n) is 2.79. The van der Waals surface area contributed by atoms with Crippen LogP contribution in [-0.4, -0.2) is 24.0 Å². The summed E-state index contributed by atoms with van der Waals surface area (Å²) in [7, 11) is 1.83. The molecule has 3 rings (SSSR count). The minimum atomic E-state index is -0.0303. The lowest BCUT2D eigenvalue weighted by molar-refractivity contribution is 0.0970. The molecular formula is C17H19N3O. The predicted molar refractivity (Wildman–Crippen MR) is 84.8 cm³/mol. The lowest BCUT2D eigenvalue weighted by Gasteiger charge is -2.35. The van der Waals surface area contributed by atoms with E-state index in [1.165, 1.54) is 5.56 Å². The van der Waals surface area contributed by atoms with Crippen LogP contribution in [-0.2, 0) is 6.42 Å². The van der Waals surface area contributed by atoms with Gasteiger partial charge in [0.2, 0.25) is 0 Å². The first-order valence-electron chi connectivity index (χ1n) is 7.26. The van der Waals surface area contributed by atoms with Gasteiger partial charge in [-0.3, -0.25) is 4.79 Å². The predicted octanol–water partition coefficient (Wildman–Crippen LogP) is 3.10. The molecule has 108 valence electrons. The zero-order chi connectivity index (χ0) is 14.8. The zero-order valence-corrected chi connectivity index (χ0v) is 12.3. The van der Waals surface area contributed by atoms with E-state index in [2.05, 4.69) is 23.3 Å². The Morgan fingerprint density at radius 2 is 2.10 bits per heavy atom. The lowest BCUT2D eigenvalue weighted by Crippen LogP contribution is -2.42.